The molecule has 3 aromatic carbocycles. The predicted molar refractivity (Wildman–Crippen MR) is 156 cm³/mol. The van der Waals surface area contributed by atoms with Crippen LogP contribution in [0.15, 0.2) is 77.7 Å². The third-order valence-corrected chi connectivity index (χ3v) is 9.80. The number of rotatable bonds is 11. The van der Waals surface area contributed by atoms with Gasteiger partial charge in [-0.15, -0.1) is 0 Å². The summed E-state index contributed by atoms with van der Waals surface area (Å²) < 4.78 is 58.8. The molecule has 9 nitrogen and oxygen atoms in total. The number of nitrogens with one attached hydrogen (secondary N) is 1. The standard InChI is InChI=1S/C28H32ClN3O6S2/c1-39(34,35)32(21-22-5-9-24(29)10-6-22)25-11-7-23(8-12-25)28(33)30-17-20-38-26-13-15-27(16-14-26)40(36,37)31-18-3-2-4-19-31/h5-16H,2-4,17-21H2,1H3,(H,30,33). The molecule has 0 radical (unpaired) electrons. The van der Waals surface area contributed by atoms with Crippen LogP contribution in [0.5, 0.6) is 5.75 Å². The number of hydrogen-bond donors (Lipinski definition) is 1. The predicted octanol–water partition coefficient (Wildman–Crippen LogP) is 4.29. The number of nitrogens with zero attached hydrogens (tertiary/aromatic N) is 2. The van der Waals surface area contributed by atoms with Crippen molar-refractivity contribution in [2.24, 2.45) is 0 Å². The third kappa shape index (κ3) is 7.75. The number of benzene rings is 3. The van der Waals surface area contributed by atoms with Crippen LogP contribution in [-0.2, 0) is 26.6 Å². The van der Waals surface area contributed by atoms with E-state index in [4.69, 9.17) is 16.3 Å². The molecule has 1 saturated heterocycles. The van der Waals surface area contributed by atoms with E-state index in [0.29, 0.717) is 35.1 Å². The molecule has 12 heteroatoms. The fraction of sp³-hybridized carbons (Fsp3) is 0.321. The van der Waals surface area contributed by atoms with Gasteiger partial charge in [-0.1, -0.05) is 30.2 Å². The van der Waals surface area contributed by atoms with Crippen molar-refractivity contribution in [3.63, 3.8) is 0 Å². The number of piperidine rings is 1. The zero-order valence-corrected chi connectivity index (χ0v) is 24.5. The summed E-state index contributed by atoms with van der Waals surface area (Å²) in [5.74, 6) is 0.166. The first-order valence-corrected chi connectivity index (χ1v) is 16.5. The van der Waals surface area contributed by atoms with Crippen LogP contribution < -0.4 is 14.4 Å². The minimum absolute atomic E-state index is 0.129. The second-order valence-electron chi connectivity index (χ2n) is 9.48. The van der Waals surface area contributed by atoms with Crippen LogP contribution in [-0.4, -0.2) is 59.5 Å². The Bertz CT molecular complexity index is 1510. The Kier molecular flexibility index (Phi) is 9.72. The van der Waals surface area contributed by atoms with Crippen molar-refractivity contribution in [3.8, 4) is 5.75 Å². The summed E-state index contributed by atoms with van der Waals surface area (Å²) in [4.78, 5) is 12.8. The zero-order valence-electron chi connectivity index (χ0n) is 22.1. The Morgan fingerprint density at radius 3 is 2.12 bits per heavy atom. The highest BCUT2D eigenvalue weighted by molar-refractivity contribution is 7.92. The molecule has 0 saturated carbocycles. The maximum atomic E-state index is 12.8. The van der Waals surface area contributed by atoms with Crippen molar-refractivity contribution in [3.05, 3.63) is 88.9 Å². The van der Waals surface area contributed by atoms with E-state index in [-0.39, 0.29) is 30.5 Å². The molecular weight excluding hydrogens is 574 g/mol. The van der Waals surface area contributed by atoms with Crippen LogP contribution in [0, 0.1) is 0 Å². The summed E-state index contributed by atoms with van der Waals surface area (Å²) in [6.45, 7) is 1.63. The third-order valence-electron chi connectivity index (χ3n) is 6.49. The SMILES string of the molecule is CS(=O)(=O)N(Cc1ccc(Cl)cc1)c1ccc(C(=O)NCCOc2ccc(S(=O)(=O)N3CCCCC3)cc2)cc1. The zero-order chi connectivity index (χ0) is 28.8. The van der Waals surface area contributed by atoms with E-state index in [1.165, 1.54) is 20.7 Å². The Hall–Kier alpha value is -3.12. The highest BCUT2D eigenvalue weighted by Crippen LogP contribution is 2.24. The number of amides is 1. The van der Waals surface area contributed by atoms with Gasteiger partial charge >= 0.3 is 0 Å². The molecule has 0 aliphatic carbocycles. The lowest BCUT2D eigenvalue weighted by Crippen LogP contribution is -2.35. The van der Waals surface area contributed by atoms with Gasteiger partial charge in [0.1, 0.15) is 12.4 Å². The van der Waals surface area contributed by atoms with Crippen LogP contribution in [0.2, 0.25) is 5.02 Å². The second-order valence-corrected chi connectivity index (χ2v) is 13.8. The Morgan fingerprint density at radius 2 is 1.52 bits per heavy atom. The van der Waals surface area contributed by atoms with Gasteiger partial charge in [0, 0.05) is 23.7 Å². The first-order valence-electron chi connectivity index (χ1n) is 12.9. The molecule has 1 aliphatic rings. The van der Waals surface area contributed by atoms with Crippen LogP contribution in [0.4, 0.5) is 5.69 Å². The lowest BCUT2D eigenvalue weighted by molar-refractivity contribution is 0.0947. The number of anilines is 1. The van der Waals surface area contributed by atoms with Crippen molar-refractivity contribution >= 4 is 43.2 Å². The van der Waals surface area contributed by atoms with Crippen LogP contribution in [0.25, 0.3) is 0 Å². The number of carbonyl (C=O) groups excluding carboxylic acids is 1. The maximum absolute atomic E-state index is 12.8. The van der Waals surface area contributed by atoms with E-state index in [0.717, 1.165) is 31.1 Å². The van der Waals surface area contributed by atoms with Gasteiger partial charge in [-0.25, -0.2) is 16.8 Å². The van der Waals surface area contributed by atoms with Gasteiger partial charge in [-0.05, 0) is 79.1 Å². The molecule has 1 heterocycles. The number of sulfonamides is 2. The molecule has 40 heavy (non-hydrogen) atoms. The molecular formula is C28H32ClN3O6S2. The summed E-state index contributed by atoms with van der Waals surface area (Å²) in [5.41, 5.74) is 1.58. The molecule has 3 aromatic rings. The molecule has 1 aliphatic heterocycles. The molecule has 0 unspecified atom stereocenters. The number of ether oxygens (including phenoxy) is 1. The van der Waals surface area contributed by atoms with E-state index in [1.54, 1.807) is 60.7 Å². The number of hydrogen-bond acceptors (Lipinski definition) is 6. The van der Waals surface area contributed by atoms with Gasteiger partial charge in [0.25, 0.3) is 5.91 Å². The van der Waals surface area contributed by atoms with Crippen LogP contribution in [0.3, 0.4) is 0 Å². The quantitative estimate of drug-likeness (QED) is 0.326. The number of carbonyl (C=O) groups is 1. The van der Waals surface area contributed by atoms with Crippen molar-refractivity contribution in [2.75, 3.05) is 36.8 Å². The average molecular weight is 606 g/mol. The highest BCUT2D eigenvalue weighted by atomic mass is 35.5. The largest absolute Gasteiger partial charge is 0.492 e. The maximum Gasteiger partial charge on any atom is 0.251 e. The van der Waals surface area contributed by atoms with Gasteiger partial charge in [0.05, 0.1) is 29.9 Å². The van der Waals surface area contributed by atoms with Gasteiger partial charge in [-0.3, -0.25) is 9.10 Å². The molecule has 4 rings (SSSR count). The van der Waals surface area contributed by atoms with Gasteiger partial charge in [0.15, 0.2) is 0 Å². The monoisotopic (exact) mass is 605 g/mol. The highest BCUT2D eigenvalue weighted by Gasteiger charge is 2.25. The minimum Gasteiger partial charge on any atom is -0.492 e. The Balaban J connectivity index is 1.28. The van der Waals surface area contributed by atoms with E-state index in [2.05, 4.69) is 5.32 Å². The van der Waals surface area contributed by atoms with Crippen molar-refractivity contribution in [1.82, 2.24) is 9.62 Å². The molecule has 0 spiro atoms. The van der Waals surface area contributed by atoms with E-state index < -0.39 is 20.0 Å². The number of halogens is 1. The Morgan fingerprint density at radius 1 is 0.900 bits per heavy atom. The molecule has 1 fully saturated rings. The van der Waals surface area contributed by atoms with Crippen LogP contribution in [0.1, 0.15) is 35.2 Å². The van der Waals surface area contributed by atoms with Gasteiger partial charge < -0.3 is 10.1 Å². The fourth-order valence-corrected chi connectivity index (χ4v) is 6.86. The molecule has 1 amide bonds. The fourth-order valence-electron chi connectivity index (χ4n) is 4.33. The smallest absolute Gasteiger partial charge is 0.251 e. The lowest BCUT2D eigenvalue weighted by Gasteiger charge is -2.25. The molecule has 0 bridgehead atoms. The normalized spacial score (nSPS) is 14.4. The van der Waals surface area contributed by atoms with E-state index in [1.807, 2.05) is 0 Å². The van der Waals surface area contributed by atoms with Gasteiger partial charge in [0.2, 0.25) is 20.0 Å². The van der Waals surface area contributed by atoms with E-state index >= 15 is 0 Å². The minimum atomic E-state index is -3.57. The summed E-state index contributed by atoms with van der Waals surface area (Å²) in [5, 5.41) is 3.32. The average Bonchev–Trinajstić information content (AvgIpc) is 2.95. The summed E-state index contributed by atoms with van der Waals surface area (Å²) >= 11 is 5.92. The van der Waals surface area contributed by atoms with Crippen molar-refractivity contribution in [1.29, 1.82) is 0 Å². The molecule has 0 aromatic heterocycles. The Labute approximate surface area is 240 Å². The first kappa shape index (κ1) is 29.9. The lowest BCUT2D eigenvalue weighted by atomic mass is 10.2. The summed E-state index contributed by atoms with van der Waals surface area (Å²) in [7, 11) is -7.07. The van der Waals surface area contributed by atoms with E-state index in [9.17, 15) is 21.6 Å². The molecule has 1 N–H and O–H groups in total. The van der Waals surface area contributed by atoms with Gasteiger partial charge in [-0.2, -0.15) is 4.31 Å². The van der Waals surface area contributed by atoms with Crippen molar-refractivity contribution < 1.29 is 26.4 Å². The summed E-state index contributed by atoms with van der Waals surface area (Å²) in [6.07, 6.45) is 3.93. The first-order chi connectivity index (χ1) is 19.0. The molecule has 214 valence electrons. The van der Waals surface area contributed by atoms with Crippen molar-refractivity contribution in [2.45, 2.75) is 30.7 Å². The van der Waals surface area contributed by atoms with Crippen LogP contribution >= 0.6 is 11.6 Å². The second kappa shape index (κ2) is 13.0. The summed E-state index contributed by atoms with van der Waals surface area (Å²) in [6, 6.07) is 19.5. The topological polar surface area (TPSA) is 113 Å². The molecule has 0 atom stereocenters.